The van der Waals surface area contributed by atoms with Gasteiger partial charge >= 0.3 is 6.18 Å². The van der Waals surface area contributed by atoms with Crippen molar-refractivity contribution >= 4 is 15.9 Å². The van der Waals surface area contributed by atoms with Gasteiger partial charge < -0.3 is 8.94 Å². The van der Waals surface area contributed by atoms with Gasteiger partial charge in [0.05, 0.1) is 23.3 Å². The standard InChI is InChI=1S/C30H27F3N4O4S/c1-20-21(2)35-41-28(20)36-42(38,39)27-11-7-6-10-26(27)25-13-12-23(29-34-14-15-40-29)16-24(25)18-37(19-30(31,32)33)17-22-8-4-3-5-9-22/h3-16,36H,17-19H2,1-2H3. The molecule has 12 heteroatoms. The predicted octanol–water partition coefficient (Wildman–Crippen LogP) is 6.98. The number of nitrogens with zero attached hydrogens (tertiary/aromatic N) is 3. The van der Waals surface area contributed by atoms with Crippen molar-refractivity contribution in [1.82, 2.24) is 15.0 Å². The van der Waals surface area contributed by atoms with Crippen LogP contribution in [0.5, 0.6) is 0 Å². The number of benzene rings is 3. The molecule has 5 aromatic rings. The third-order valence-electron chi connectivity index (χ3n) is 6.68. The molecule has 0 atom stereocenters. The average molecular weight is 597 g/mol. The van der Waals surface area contributed by atoms with Gasteiger partial charge in [0.25, 0.3) is 10.0 Å². The maximum Gasteiger partial charge on any atom is 0.401 e. The summed E-state index contributed by atoms with van der Waals surface area (Å²) in [6.07, 6.45) is -1.60. The van der Waals surface area contributed by atoms with Gasteiger partial charge in [0.15, 0.2) is 0 Å². The van der Waals surface area contributed by atoms with Gasteiger partial charge in [-0.05, 0) is 48.7 Å². The van der Waals surface area contributed by atoms with Gasteiger partial charge in [-0.1, -0.05) is 59.8 Å². The molecule has 8 nitrogen and oxygen atoms in total. The van der Waals surface area contributed by atoms with Crippen molar-refractivity contribution in [3.8, 4) is 22.6 Å². The zero-order valence-electron chi connectivity index (χ0n) is 22.7. The minimum atomic E-state index is -4.46. The summed E-state index contributed by atoms with van der Waals surface area (Å²) in [5.41, 5.74) is 3.52. The van der Waals surface area contributed by atoms with E-state index in [0.717, 1.165) is 0 Å². The Labute approximate surface area is 240 Å². The highest BCUT2D eigenvalue weighted by molar-refractivity contribution is 7.92. The molecule has 0 aliphatic heterocycles. The second-order valence-corrected chi connectivity index (χ2v) is 11.4. The molecule has 0 aliphatic rings. The number of aromatic nitrogens is 2. The number of rotatable bonds is 10. The molecule has 1 N–H and O–H groups in total. The van der Waals surface area contributed by atoms with Crippen LogP contribution in [0.4, 0.5) is 19.1 Å². The van der Waals surface area contributed by atoms with Crippen molar-refractivity contribution in [1.29, 1.82) is 0 Å². The number of alkyl halides is 3. The monoisotopic (exact) mass is 596 g/mol. The molecule has 3 aromatic carbocycles. The summed E-state index contributed by atoms with van der Waals surface area (Å²) in [4.78, 5) is 5.36. The number of sulfonamides is 1. The highest BCUT2D eigenvalue weighted by Gasteiger charge is 2.32. The fourth-order valence-electron chi connectivity index (χ4n) is 4.60. The Morgan fingerprint density at radius 3 is 2.33 bits per heavy atom. The van der Waals surface area contributed by atoms with Crippen molar-refractivity contribution in [2.75, 3.05) is 11.3 Å². The van der Waals surface area contributed by atoms with E-state index in [9.17, 15) is 21.6 Å². The maximum atomic E-state index is 13.7. The molecule has 0 radical (unpaired) electrons. The van der Waals surface area contributed by atoms with Gasteiger partial charge in [-0.15, -0.1) is 0 Å². The highest BCUT2D eigenvalue weighted by atomic mass is 32.2. The summed E-state index contributed by atoms with van der Waals surface area (Å²) < 4.78 is 81.4. The molecule has 0 unspecified atom stereocenters. The molecule has 2 aromatic heterocycles. The highest BCUT2D eigenvalue weighted by Crippen LogP contribution is 2.35. The molecule has 0 fully saturated rings. The SMILES string of the molecule is Cc1noc(NS(=O)(=O)c2ccccc2-c2ccc(-c3ncco3)cc2CN(Cc2ccccc2)CC(F)(F)F)c1C. The molecule has 0 saturated carbocycles. The molecule has 42 heavy (non-hydrogen) atoms. The molecule has 0 bridgehead atoms. The van der Waals surface area contributed by atoms with Crippen molar-refractivity contribution in [2.45, 2.75) is 38.0 Å². The maximum absolute atomic E-state index is 13.7. The number of hydrogen-bond acceptors (Lipinski definition) is 7. The average Bonchev–Trinajstić information content (AvgIpc) is 3.59. The van der Waals surface area contributed by atoms with Crippen LogP contribution in [-0.4, -0.2) is 36.2 Å². The summed E-state index contributed by atoms with van der Waals surface area (Å²) in [6.45, 7) is 2.08. The first kappa shape index (κ1) is 29.1. The Morgan fingerprint density at radius 1 is 0.929 bits per heavy atom. The molecule has 0 amide bonds. The third-order valence-corrected chi connectivity index (χ3v) is 8.07. The largest absolute Gasteiger partial charge is 0.445 e. The lowest BCUT2D eigenvalue weighted by atomic mass is 9.96. The third kappa shape index (κ3) is 6.72. The Bertz CT molecular complexity index is 1770. The number of oxazole rings is 1. The smallest absolute Gasteiger partial charge is 0.401 e. The number of hydrogen-bond donors (Lipinski definition) is 1. The molecule has 0 saturated heterocycles. The molecule has 2 heterocycles. The topological polar surface area (TPSA) is 101 Å². The first-order chi connectivity index (χ1) is 20.0. The van der Waals surface area contributed by atoms with E-state index in [4.69, 9.17) is 8.94 Å². The molecule has 218 valence electrons. The normalized spacial score (nSPS) is 12.1. The van der Waals surface area contributed by atoms with Crippen LogP contribution >= 0.6 is 0 Å². The number of anilines is 1. The van der Waals surface area contributed by atoms with Crippen LogP contribution in [0.3, 0.4) is 0 Å². The van der Waals surface area contributed by atoms with E-state index < -0.39 is 22.7 Å². The van der Waals surface area contributed by atoms with E-state index in [1.165, 1.54) is 23.4 Å². The molecule has 0 spiro atoms. The minimum absolute atomic E-state index is 0.0130. The van der Waals surface area contributed by atoms with Gasteiger partial charge in [0, 0.05) is 29.8 Å². The molecular weight excluding hydrogens is 569 g/mol. The van der Waals surface area contributed by atoms with Crippen molar-refractivity contribution in [3.05, 3.63) is 108 Å². The zero-order valence-corrected chi connectivity index (χ0v) is 23.5. The second-order valence-electron chi connectivity index (χ2n) is 9.78. The van der Waals surface area contributed by atoms with E-state index in [1.54, 1.807) is 80.6 Å². The summed E-state index contributed by atoms with van der Waals surface area (Å²) in [7, 11) is -4.19. The van der Waals surface area contributed by atoms with E-state index in [1.807, 2.05) is 0 Å². The first-order valence-electron chi connectivity index (χ1n) is 12.9. The van der Waals surface area contributed by atoms with E-state index in [-0.39, 0.29) is 29.8 Å². The summed E-state index contributed by atoms with van der Waals surface area (Å²) >= 11 is 0. The molecule has 0 aliphatic carbocycles. The Hall–Kier alpha value is -4.42. The summed E-state index contributed by atoms with van der Waals surface area (Å²) in [5.74, 6) is 0.271. The molecule has 5 rings (SSSR count). The van der Waals surface area contributed by atoms with Crippen molar-refractivity contribution in [2.24, 2.45) is 0 Å². The summed E-state index contributed by atoms with van der Waals surface area (Å²) in [5, 5.41) is 3.80. The number of aryl methyl sites for hydroxylation is 1. The van der Waals surface area contributed by atoms with Crippen LogP contribution in [0.25, 0.3) is 22.6 Å². The van der Waals surface area contributed by atoms with Gasteiger partial charge in [-0.3, -0.25) is 4.90 Å². The van der Waals surface area contributed by atoms with Crippen molar-refractivity contribution in [3.63, 3.8) is 0 Å². The number of halogens is 3. The first-order valence-corrected chi connectivity index (χ1v) is 14.4. The number of nitrogens with one attached hydrogen (secondary N) is 1. The Balaban J connectivity index is 1.60. The van der Waals surface area contributed by atoms with Gasteiger partial charge in [0.2, 0.25) is 11.8 Å². The second kappa shape index (κ2) is 11.8. The van der Waals surface area contributed by atoms with Crippen LogP contribution in [0.2, 0.25) is 0 Å². The lowest BCUT2D eigenvalue weighted by Gasteiger charge is -2.25. The van der Waals surface area contributed by atoms with E-state index >= 15 is 0 Å². The van der Waals surface area contributed by atoms with Crippen LogP contribution in [-0.2, 0) is 23.1 Å². The van der Waals surface area contributed by atoms with Gasteiger partial charge in [-0.25, -0.2) is 18.1 Å². The van der Waals surface area contributed by atoms with Crippen LogP contribution in [0, 0.1) is 13.8 Å². The Morgan fingerprint density at radius 2 is 1.67 bits per heavy atom. The zero-order chi connectivity index (χ0) is 29.9. The quantitative estimate of drug-likeness (QED) is 0.186. The van der Waals surface area contributed by atoms with Crippen molar-refractivity contribution < 1.29 is 30.5 Å². The lowest BCUT2D eigenvalue weighted by Crippen LogP contribution is -2.33. The lowest BCUT2D eigenvalue weighted by molar-refractivity contribution is -0.148. The minimum Gasteiger partial charge on any atom is -0.445 e. The van der Waals surface area contributed by atoms with Gasteiger partial charge in [0.1, 0.15) is 6.26 Å². The fourth-order valence-corrected chi connectivity index (χ4v) is 5.87. The Kier molecular flexibility index (Phi) is 8.19. The van der Waals surface area contributed by atoms with Crippen LogP contribution < -0.4 is 4.72 Å². The van der Waals surface area contributed by atoms with Crippen LogP contribution in [0.15, 0.2) is 99.1 Å². The fraction of sp³-hybridized carbons (Fsp3) is 0.200. The van der Waals surface area contributed by atoms with Crippen LogP contribution in [0.1, 0.15) is 22.4 Å². The van der Waals surface area contributed by atoms with Gasteiger partial charge in [-0.2, -0.15) is 13.2 Å². The van der Waals surface area contributed by atoms with E-state index in [0.29, 0.717) is 39.1 Å². The van der Waals surface area contributed by atoms with E-state index in [2.05, 4.69) is 14.9 Å². The molecular formula is C30H27F3N4O4S. The summed E-state index contributed by atoms with van der Waals surface area (Å²) in [6, 6.07) is 20.2. The predicted molar refractivity (Wildman–Crippen MR) is 151 cm³/mol.